The molecule has 0 fully saturated rings. The predicted octanol–water partition coefficient (Wildman–Crippen LogP) is 12.3. The third-order valence-corrected chi connectivity index (χ3v) is 11.7. The molecular weight excluding hydrogens is 603 g/mol. The van der Waals surface area contributed by atoms with Crippen LogP contribution in [0.3, 0.4) is 0 Å². The van der Waals surface area contributed by atoms with Gasteiger partial charge in [-0.15, -0.1) is 0 Å². The molecule has 0 amide bonds. The molecule has 1 heteroatoms. The number of hydrogen-bond donors (Lipinski definition) is 0. The van der Waals surface area contributed by atoms with Gasteiger partial charge in [0.05, 0.1) is 0 Å². The lowest BCUT2D eigenvalue weighted by Crippen LogP contribution is -2.39. The van der Waals surface area contributed by atoms with Gasteiger partial charge in [-0.25, -0.2) is 0 Å². The summed E-state index contributed by atoms with van der Waals surface area (Å²) in [4.78, 5) is 2.50. The first-order valence-corrected chi connectivity index (χ1v) is 17.9. The number of rotatable bonds is 5. The van der Waals surface area contributed by atoms with Crippen LogP contribution in [0.5, 0.6) is 0 Å². The summed E-state index contributed by atoms with van der Waals surface area (Å²) in [6.45, 7) is 0. The molecular formula is C49H37N. The fourth-order valence-corrected chi connectivity index (χ4v) is 9.60. The number of allylic oxidation sites excluding steroid dienone is 8. The van der Waals surface area contributed by atoms with Crippen LogP contribution < -0.4 is 4.90 Å². The summed E-state index contributed by atoms with van der Waals surface area (Å²) in [6, 6.07) is 58.1. The topological polar surface area (TPSA) is 3.24 Å². The van der Waals surface area contributed by atoms with Gasteiger partial charge in [-0.1, -0.05) is 164 Å². The number of hydrogen-bond acceptors (Lipinski definition) is 1. The maximum atomic E-state index is 2.50. The van der Waals surface area contributed by atoms with Gasteiger partial charge in [0.15, 0.2) is 0 Å². The van der Waals surface area contributed by atoms with Gasteiger partial charge >= 0.3 is 0 Å². The van der Waals surface area contributed by atoms with Crippen molar-refractivity contribution in [3.8, 4) is 22.3 Å². The predicted molar refractivity (Wildman–Crippen MR) is 208 cm³/mol. The van der Waals surface area contributed by atoms with E-state index in [1.807, 2.05) is 0 Å². The van der Waals surface area contributed by atoms with Crippen LogP contribution in [0.25, 0.3) is 27.8 Å². The average molecular weight is 640 g/mol. The van der Waals surface area contributed by atoms with Crippen molar-refractivity contribution in [3.05, 3.63) is 222 Å². The molecule has 4 unspecified atom stereocenters. The van der Waals surface area contributed by atoms with Gasteiger partial charge in [0.1, 0.15) is 0 Å². The number of nitrogens with zero attached hydrogens (tertiary/aromatic N) is 1. The van der Waals surface area contributed by atoms with Crippen molar-refractivity contribution in [1.29, 1.82) is 0 Å². The molecule has 6 aromatic rings. The highest BCUT2D eigenvalue weighted by atomic mass is 15.1. The van der Waals surface area contributed by atoms with Gasteiger partial charge in [-0.05, 0) is 86.8 Å². The first kappa shape index (κ1) is 29.0. The normalized spacial score (nSPS) is 22.3. The third kappa shape index (κ3) is 4.33. The zero-order chi connectivity index (χ0) is 33.1. The lowest BCUT2D eigenvalue weighted by molar-refractivity contribution is 0.319. The summed E-state index contributed by atoms with van der Waals surface area (Å²) in [5.41, 5.74) is 15.8. The Kier molecular flexibility index (Phi) is 6.74. The molecule has 238 valence electrons. The van der Waals surface area contributed by atoms with Crippen LogP contribution in [0.1, 0.15) is 34.6 Å². The van der Waals surface area contributed by atoms with Gasteiger partial charge in [0.25, 0.3) is 0 Å². The van der Waals surface area contributed by atoms with Crippen molar-refractivity contribution in [2.75, 3.05) is 4.90 Å². The summed E-state index contributed by atoms with van der Waals surface area (Å²) in [5.74, 6) is 1.05. The minimum Gasteiger partial charge on any atom is -0.314 e. The van der Waals surface area contributed by atoms with Gasteiger partial charge in [0, 0.05) is 40.2 Å². The molecule has 1 spiro atoms. The molecule has 50 heavy (non-hydrogen) atoms. The van der Waals surface area contributed by atoms with E-state index in [0.717, 1.165) is 6.42 Å². The van der Waals surface area contributed by atoms with Crippen molar-refractivity contribution in [1.82, 2.24) is 0 Å². The third-order valence-electron chi connectivity index (χ3n) is 11.7. The summed E-state index contributed by atoms with van der Waals surface area (Å²) in [6.07, 6.45) is 15.3. The Balaban J connectivity index is 1.12. The van der Waals surface area contributed by atoms with E-state index in [0.29, 0.717) is 17.8 Å². The second-order valence-electron chi connectivity index (χ2n) is 14.0. The van der Waals surface area contributed by atoms with E-state index in [2.05, 4.69) is 199 Å². The molecule has 0 N–H and O–H groups in total. The molecule has 0 aliphatic heterocycles. The van der Waals surface area contributed by atoms with E-state index >= 15 is 0 Å². The zero-order valence-electron chi connectivity index (χ0n) is 27.9. The Labute approximate surface area is 294 Å². The molecule has 0 heterocycles. The highest BCUT2D eigenvalue weighted by molar-refractivity contribution is 5.85. The lowest BCUT2D eigenvalue weighted by atomic mass is 9.61. The molecule has 1 nitrogen and oxygen atoms in total. The van der Waals surface area contributed by atoms with Gasteiger partial charge < -0.3 is 4.90 Å². The van der Waals surface area contributed by atoms with Crippen molar-refractivity contribution in [2.24, 2.45) is 11.8 Å². The molecule has 0 radical (unpaired) electrons. The van der Waals surface area contributed by atoms with E-state index in [1.54, 1.807) is 0 Å². The van der Waals surface area contributed by atoms with E-state index in [1.165, 1.54) is 67.2 Å². The minimum atomic E-state index is -0.134. The second kappa shape index (κ2) is 11.6. The average Bonchev–Trinajstić information content (AvgIpc) is 3.66. The quantitative estimate of drug-likeness (QED) is 0.181. The van der Waals surface area contributed by atoms with Gasteiger partial charge in [-0.2, -0.15) is 0 Å². The number of anilines is 2. The maximum Gasteiger partial charge on any atom is 0.0458 e. The summed E-state index contributed by atoms with van der Waals surface area (Å²) < 4.78 is 0. The summed E-state index contributed by atoms with van der Waals surface area (Å²) in [5, 5.41) is 0. The molecule has 0 saturated heterocycles. The molecule has 6 aromatic carbocycles. The first-order valence-electron chi connectivity index (χ1n) is 17.9. The van der Waals surface area contributed by atoms with Gasteiger partial charge in [-0.3, -0.25) is 0 Å². The highest BCUT2D eigenvalue weighted by Crippen LogP contribution is 2.68. The Bertz CT molecular complexity index is 2260. The van der Waals surface area contributed by atoms with Crippen LogP contribution in [-0.4, -0.2) is 0 Å². The van der Waals surface area contributed by atoms with Crippen molar-refractivity contribution in [3.63, 3.8) is 0 Å². The molecule has 10 rings (SSSR count). The fourth-order valence-electron chi connectivity index (χ4n) is 9.60. The van der Waals surface area contributed by atoms with Crippen LogP contribution in [0.2, 0.25) is 0 Å². The highest BCUT2D eigenvalue weighted by Gasteiger charge is 2.61. The van der Waals surface area contributed by atoms with E-state index in [4.69, 9.17) is 0 Å². The van der Waals surface area contributed by atoms with Crippen molar-refractivity contribution < 1.29 is 0 Å². The Morgan fingerprint density at radius 2 is 1.02 bits per heavy atom. The van der Waals surface area contributed by atoms with E-state index in [-0.39, 0.29) is 5.41 Å². The smallest absolute Gasteiger partial charge is 0.0458 e. The minimum absolute atomic E-state index is 0.134. The molecule has 4 aliphatic rings. The standard InChI is InChI=1S/C49H37N/c1-3-13-34(14-4-1)36-23-27-38(28-24-36)50(39-29-25-37(26-30-39)35-15-5-2-6-16-35)40-31-32-44-43-19-9-12-22-47(43)49(48(44)33-40)45-20-10-7-17-41(45)42-18-8-11-21-46(42)49/h1-32,41,45,48H,33H2. The monoisotopic (exact) mass is 639 g/mol. The SMILES string of the molecule is C1=CC2c3ccccc3C3(c4ccccc4C4=CC=C(N(c5ccc(-c6ccccc6)cc5)c5ccc(-c6ccccc6)cc5)CC43)C2C=C1. The summed E-state index contributed by atoms with van der Waals surface area (Å²) in [7, 11) is 0. The molecule has 4 atom stereocenters. The van der Waals surface area contributed by atoms with Crippen molar-refractivity contribution >= 4 is 16.9 Å². The maximum absolute atomic E-state index is 2.50. The van der Waals surface area contributed by atoms with E-state index in [9.17, 15) is 0 Å². The largest absolute Gasteiger partial charge is 0.314 e. The van der Waals surface area contributed by atoms with Crippen LogP contribution in [-0.2, 0) is 5.41 Å². The second-order valence-corrected chi connectivity index (χ2v) is 14.0. The van der Waals surface area contributed by atoms with E-state index < -0.39 is 0 Å². The van der Waals surface area contributed by atoms with Gasteiger partial charge in [0.2, 0.25) is 0 Å². The fraction of sp³-hybridized carbons (Fsp3) is 0.102. The van der Waals surface area contributed by atoms with Crippen molar-refractivity contribution in [2.45, 2.75) is 17.8 Å². The molecule has 0 bridgehead atoms. The lowest BCUT2D eigenvalue weighted by Gasteiger charge is -2.42. The summed E-state index contributed by atoms with van der Waals surface area (Å²) >= 11 is 0. The molecule has 0 aromatic heterocycles. The zero-order valence-corrected chi connectivity index (χ0v) is 27.9. The van der Waals surface area contributed by atoms with Crippen LogP contribution >= 0.6 is 0 Å². The van der Waals surface area contributed by atoms with Crippen LogP contribution in [0.15, 0.2) is 200 Å². The number of fused-ring (bicyclic) bond motifs is 10. The van der Waals surface area contributed by atoms with Crippen LogP contribution in [0.4, 0.5) is 11.4 Å². The molecule has 0 saturated carbocycles. The Hall–Kier alpha value is -5.92. The number of benzene rings is 6. The Morgan fingerprint density at radius 1 is 0.480 bits per heavy atom. The Morgan fingerprint density at radius 3 is 1.68 bits per heavy atom. The molecule has 4 aliphatic carbocycles. The van der Waals surface area contributed by atoms with Crippen LogP contribution in [0, 0.1) is 11.8 Å². The first-order chi connectivity index (χ1) is 24.8.